The zero-order chi connectivity index (χ0) is 8.60. The molecular weight excluding hydrogens is 150 g/mol. The second-order valence-corrected chi connectivity index (χ2v) is 4.53. The molecule has 2 heteroatoms. The lowest BCUT2D eigenvalue weighted by Crippen LogP contribution is -2.52. The predicted octanol–water partition coefficient (Wildman–Crippen LogP) is 1.42. The van der Waals surface area contributed by atoms with E-state index in [1.807, 2.05) is 0 Å². The van der Waals surface area contributed by atoms with Crippen LogP contribution in [0.5, 0.6) is 0 Å². The van der Waals surface area contributed by atoms with Crippen molar-refractivity contribution in [2.45, 2.75) is 56.6 Å². The minimum Gasteiger partial charge on any atom is -0.388 e. The molecular formula is C10H19NO. The number of hydrogen-bond acceptors (Lipinski definition) is 2. The molecule has 0 spiro atoms. The Morgan fingerprint density at radius 3 is 2.17 bits per heavy atom. The van der Waals surface area contributed by atoms with E-state index in [1.165, 1.54) is 19.3 Å². The molecule has 1 unspecified atom stereocenters. The normalized spacial score (nSPS) is 31.5. The lowest BCUT2D eigenvalue weighted by Gasteiger charge is -2.40. The molecule has 0 amide bonds. The van der Waals surface area contributed by atoms with Gasteiger partial charge in [0.2, 0.25) is 0 Å². The predicted molar refractivity (Wildman–Crippen MR) is 48.7 cm³/mol. The van der Waals surface area contributed by atoms with Crippen LogP contribution in [0.3, 0.4) is 0 Å². The SMILES string of the molecule is NC(C1CCC1)C1(O)CCCC1. The maximum Gasteiger partial charge on any atom is 0.0800 e. The van der Waals surface area contributed by atoms with Crippen LogP contribution in [0.2, 0.25) is 0 Å². The van der Waals surface area contributed by atoms with Gasteiger partial charge in [-0.05, 0) is 31.6 Å². The molecule has 0 aliphatic heterocycles. The second-order valence-electron chi connectivity index (χ2n) is 4.53. The van der Waals surface area contributed by atoms with Crippen molar-refractivity contribution in [1.29, 1.82) is 0 Å². The fourth-order valence-corrected chi connectivity index (χ4v) is 2.56. The van der Waals surface area contributed by atoms with Crippen LogP contribution >= 0.6 is 0 Å². The van der Waals surface area contributed by atoms with Gasteiger partial charge in [0.05, 0.1) is 5.60 Å². The molecule has 0 aromatic heterocycles. The van der Waals surface area contributed by atoms with E-state index in [4.69, 9.17) is 5.73 Å². The molecule has 2 rings (SSSR count). The van der Waals surface area contributed by atoms with Crippen LogP contribution in [0.25, 0.3) is 0 Å². The number of rotatable bonds is 2. The summed E-state index contributed by atoms with van der Waals surface area (Å²) in [6.45, 7) is 0. The average Bonchev–Trinajstić information content (AvgIpc) is 2.33. The van der Waals surface area contributed by atoms with Crippen LogP contribution in [0.1, 0.15) is 44.9 Å². The summed E-state index contributed by atoms with van der Waals surface area (Å²) in [5.74, 6) is 0.619. The topological polar surface area (TPSA) is 46.2 Å². The van der Waals surface area contributed by atoms with E-state index < -0.39 is 5.60 Å². The lowest BCUT2D eigenvalue weighted by molar-refractivity contribution is -0.0125. The average molecular weight is 169 g/mol. The van der Waals surface area contributed by atoms with E-state index >= 15 is 0 Å². The summed E-state index contributed by atoms with van der Waals surface area (Å²) in [5.41, 5.74) is 5.57. The Balaban J connectivity index is 1.96. The molecule has 0 radical (unpaired) electrons. The van der Waals surface area contributed by atoms with Gasteiger partial charge in [-0.15, -0.1) is 0 Å². The van der Waals surface area contributed by atoms with Crippen LogP contribution in [-0.2, 0) is 0 Å². The first-order valence-electron chi connectivity index (χ1n) is 5.20. The van der Waals surface area contributed by atoms with Crippen molar-refractivity contribution in [3.8, 4) is 0 Å². The maximum absolute atomic E-state index is 10.2. The zero-order valence-corrected chi connectivity index (χ0v) is 7.63. The Bertz CT molecular complexity index is 159. The molecule has 0 aromatic carbocycles. The summed E-state index contributed by atoms with van der Waals surface area (Å²) in [5, 5.41) is 10.2. The Labute approximate surface area is 74.1 Å². The van der Waals surface area contributed by atoms with Gasteiger partial charge in [0.1, 0.15) is 0 Å². The van der Waals surface area contributed by atoms with Crippen molar-refractivity contribution in [2.75, 3.05) is 0 Å². The van der Waals surface area contributed by atoms with E-state index in [0.29, 0.717) is 5.92 Å². The summed E-state index contributed by atoms with van der Waals surface area (Å²) in [6.07, 6.45) is 7.99. The Morgan fingerprint density at radius 2 is 1.75 bits per heavy atom. The molecule has 2 aliphatic rings. The first kappa shape index (κ1) is 8.52. The van der Waals surface area contributed by atoms with Crippen molar-refractivity contribution >= 4 is 0 Å². The van der Waals surface area contributed by atoms with E-state index in [9.17, 15) is 5.11 Å². The van der Waals surface area contributed by atoms with Crippen LogP contribution in [-0.4, -0.2) is 16.7 Å². The van der Waals surface area contributed by atoms with Gasteiger partial charge in [-0.3, -0.25) is 0 Å². The van der Waals surface area contributed by atoms with Crippen LogP contribution < -0.4 is 5.73 Å². The molecule has 2 nitrogen and oxygen atoms in total. The summed E-state index contributed by atoms with van der Waals surface area (Å²) < 4.78 is 0. The van der Waals surface area contributed by atoms with Crippen molar-refractivity contribution < 1.29 is 5.11 Å². The summed E-state index contributed by atoms with van der Waals surface area (Å²) in [7, 11) is 0. The van der Waals surface area contributed by atoms with E-state index in [0.717, 1.165) is 25.7 Å². The van der Waals surface area contributed by atoms with Gasteiger partial charge < -0.3 is 10.8 Å². The highest BCUT2D eigenvalue weighted by Gasteiger charge is 2.42. The van der Waals surface area contributed by atoms with Gasteiger partial charge >= 0.3 is 0 Å². The summed E-state index contributed by atoms with van der Waals surface area (Å²) >= 11 is 0. The fraction of sp³-hybridized carbons (Fsp3) is 1.00. The van der Waals surface area contributed by atoms with E-state index in [2.05, 4.69) is 0 Å². The van der Waals surface area contributed by atoms with Gasteiger partial charge in [0, 0.05) is 6.04 Å². The van der Waals surface area contributed by atoms with Crippen molar-refractivity contribution in [3.63, 3.8) is 0 Å². The first-order chi connectivity index (χ1) is 5.72. The Hall–Kier alpha value is -0.0800. The highest BCUT2D eigenvalue weighted by Crippen LogP contribution is 2.40. The molecule has 0 bridgehead atoms. The highest BCUT2D eigenvalue weighted by atomic mass is 16.3. The largest absolute Gasteiger partial charge is 0.388 e. The van der Waals surface area contributed by atoms with Gasteiger partial charge in [0.15, 0.2) is 0 Å². The molecule has 2 aliphatic carbocycles. The summed E-state index contributed by atoms with van der Waals surface area (Å²) in [4.78, 5) is 0. The third kappa shape index (κ3) is 1.27. The zero-order valence-electron chi connectivity index (χ0n) is 7.63. The molecule has 0 heterocycles. The van der Waals surface area contributed by atoms with Crippen LogP contribution in [0, 0.1) is 5.92 Å². The molecule has 0 aromatic rings. The molecule has 0 saturated heterocycles. The molecule has 70 valence electrons. The van der Waals surface area contributed by atoms with E-state index in [-0.39, 0.29) is 6.04 Å². The monoisotopic (exact) mass is 169 g/mol. The van der Waals surface area contributed by atoms with Crippen molar-refractivity contribution in [2.24, 2.45) is 11.7 Å². The second kappa shape index (κ2) is 3.00. The Morgan fingerprint density at radius 1 is 1.17 bits per heavy atom. The number of hydrogen-bond donors (Lipinski definition) is 2. The third-order valence-corrected chi connectivity index (χ3v) is 3.75. The number of nitrogens with two attached hydrogens (primary N) is 1. The molecule has 12 heavy (non-hydrogen) atoms. The smallest absolute Gasteiger partial charge is 0.0800 e. The van der Waals surface area contributed by atoms with Gasteiger partial charge in [-0.2, -0.15) is 0 Å². The van der Waals surface area contributed by atoms with Crippen molar-refractivity contribution in [1.82, 2.24) is 0 Å². The van der Waals surface area contributed by atoms with Crippen LogP contribution in [0.4, 0.5) is 0 Å². The van der Waals surface area contributed by atoms with Gasteiger partial charge in [-0.1, -0.05) is 19.3 Å². The maximum atomic E-state index is 10.2. The minimum absolute atomic E-state index is 0.0637. The Kier molecular flexibility index (Phi) is 2.13. The van der Waals surface area contributed by atoms with Gasteiger partial charge in [-0.25, -0.2) is 0 Å². The van der Waals surface area contributed by atoms with Gasteiger partial charge in [0.25, 0.3) is 0 Å². The summed E-state index contributed by atoms with van der Waals surface area (Å²) in [6, 6.07) is 0.0637. The molecule has 2 saturated carbocycles. The quantitative estimate of drug-likeness (QED) is 0.656. The molecule has 3 N–H and O–H groups in total. The molecule has 1 atom stereocenters. The fourth-order valence-electron chi connectivity index (χ4n) is 2.56. The van der Waals surface area contributed by atoms with Crippen molar-refractivity contribution in [3.05, 3.63) is 0 Å². The lowest BCUT2D eigenvalue weighted by atomic mass is 9.73. The number of aliphatic hydroxyl groups is 1. The van der Waals surface area contributed by atoms with E-state index in [1.54, 1.807) is 0 Å². The first-order valence-corrected chi connectivity index (χ1v) is 5.20. The molecule has 2 fully saturated rings. The highest BCUT2D eigenvalue weighted by molar-refractivity contribution is 4.98. The van der Waals surface area contributed by atoms with Crippen LogP contribution in [0.15, 0.2) is 0 Å². The minimum atomic E-state index is -0.495. The standard InChI is InChI=1S/C10H19NO/c11-9(8-4-3-5-8)10(12)6-1-2-7-10/h8-9,12H,1-7,11H2. The third-order valence-electron chi connectivity index (χ3n) is 3.75.